The third-order valence-electron chi connectivity index (χ3n) is 3.21. The van der Waals surface area contributed by atoms with Crippen molar-refractivity contribution < 1.29 is 33.2 Å². The van der Waals surface area contributed by atoms with Gasteiger partial charge in [-0.05, 0) is 6.42 Å². The molecule has 1 fully saturated rings. The van der Waals surface area contributed by atoms with Crippen molar-refractivity contribution in [2.75, 3.05) is 66.1 Å². The van der Waals surface area contributed by atoms with Crippen molar-refractivity contribution in [1.29, 1.82) is 0 Å². The quantitative estimate of drug-likeness (QED) is 0.277. The van der Waals surface area contributed by atoms with E-state index in [0.717, 1.165) is 13.0 Å². The molecule has 24 heavy (non-hydrogen) atoms. The van der Waals surface area contributed by atoms with E-state index in [4.69, 9.17) is 34.2 Å². The van der Waals surface area contributed by atoms with Crippen LogP contribution in [0.3, 0.4) is 0 Å². The summed E-state index contributed by atoms with van der Waals surface area (Å²) in [7, 11) is 0. The minimum absolute atomic E-state index is 0.00629. The molecule has 0 aromatic carbocycles. The summed E-state index contributed by atoms with van der Waals surface area (Å²) in [6.45, 7) is 7.71. The molecule has 8 nitrogen and oxygen atoms in total. The number of hydrogen-bond acceptors (Lipinski definition) is 7. The van der Waals surface area contributed by atoms with Crippen LogP contribution in [0.15, 0.2) is 0 Å². The van der Waals surface area contributed by atoms with Crippen molar-refractivity contribution in [3.05, 3.63) is 0 Å². The molecule has 142 valence electrons. The molecule has 2 atom stereocenters. The van der Waals surface area contributed by atoms with Crippen molar-refractivity contribution in [2.24, 2.45) is 5.73 Å². The molecule has 0 aromatic heterocycles. The molecule has 0 radical (unpaired) electrons. The summed E-state index contributed by atoms with van der Waals surface area (Å²) >= 11 is 0. The Morgan fingerprint density at radius 2 is 1.25 bits per heavy atom. The average Bonchev–Trinajstić information content (AvgIpc) is 3.28. The fraction of sp³-hybridized carbons (Fsp3) is 0.938. The number of carbonyl (C=O) groups excluding carboxylic acids is 1. The van der Waals surface area contributed by atoms with Crippen molar-refractivity contribution in [3.8, 4) is 0 Å². The fourth-order valence-electron chi connectivity index (χ4n) is 1.93. The first kappa shape index (κ1) is 21.3. The largest absolute Gasteiger partial charge is 0.379 e. The van der Waals surface area contributed by atoms with Gasteiger partial charge in [0, 0.05) is 6.61 Å². The van der Waals surface area contributed by atoms with Crippen LogP contribution in [0, 0.1) is 0 Å². The first-order valence-electron chi connectivity index (χ1n) is 8.56. The van der Waals surface area contributed by atoms with E-state index in [-0.39, 0.29) is 24.5 Å². The topological polar surface area (TPSA) is 102 Å². The number of nitrogens with two attached hydrogens (primary N) is 1. The van der Waals surface area contributed by atoms with Gasteiger partial charge in [-0.1, -0.05) is 6.92 Å². The number of primary amides is 1. The molecule has 0 aromatic rings. The van der Waals surface area contributed by atoms with Gasteiger partial charge in [-0.25, -0.2) is 0 Å². The van der Waals surface area contributed by atoms with E-state index in [2.05, 4.69) is 6.92 Å². The van der Waals surface area contributed by atoms with Gasteiger partial charge in [-0.2, -0.15) is 0 Å². The standard InChI is InChI=1S/C16H31NO7/c1-2-3-19-4-5-20-6-7-21-8-9-22-10-11-23-13-15-14(24-15)12-16(17)18/h14-15H,2-13H2,1H3,(H2,17,18). The summed E-state index contributed by atoms with van der Waals surface area (Å²) in [5.74, 6) is -0.346. The number of epoxide rings is 1. The molecule has 0 saturated carbocycles. The minimum atomic E-state index is -0.346. The lowest BCUT2D eigenvalue weighted by molar-refractivity contribution is -0.118. The second kappa shape index (κ2) is 14.6. The van der Waals surface area contributed by atoms with Crippen molar-refractivity contribution in [1.82, 2.24) is 0 Å². The lowest BCUT2D eigenvalue weighted by atomic mass is 10.2. The number of rotatable bonds is 18. The van der Waals surface area contributed by atoms with Crippen LogP contribution in [0.1, 0.15) is 19.8 Å². The molecule has 1 aliphatic rings. The van der Waals surface area contributed by atoms with Crippen LogP contribution in [-0.4, -0.2) is 84.2 Å². The van der Waals surface area contributed by atoms with Crippen LogP contribution >= 0.6 is 0 Å². The molecule has 2 unspecified atom stereocenters. The van der Waals surface area contributed by atoms with E-state index >= 15 is 0 Å². The maximum Gasteiger partial charge on any atom is 0.220 e. The SMILES string of the molecule is CCCOCCOCCOCCOCCOCC1OC1CC(N)=O. The Kier molecular flexibility index (Phi) is 12.9. The minimum Gasteiger partial charge on any atom is -0.379 e. The Hall–Kier alpha value is -0.770. The van der Waals surface area contributed by atoms with Crippen LogP contribution < -0.4 is 5.73 Å². The predicted molar refractivity (Wildman–Crippen MR) is 86.9 cm³/mol. The van der Waals surface area contributed by atoms with Crippen LogP contribution in [0.5, 0.6) is 0 Å². The number of carbonyl (C=O) groups is 1. The Morgan fingerprint density at radius 3 is 1.71 bits per heavy atom. The van der Waals surface area contributed by atoms with E-state index in [0.29, 0.717) is 59.5 Å². The first-order chi connectivity index (χ1) is 11.7. The third kappa shape index (κ3) is 12.6. The van der Waals surface area contributed by atoms with E-state index < -0.39 is 0 Å². The van der Waals surface area contributed by atoms with Gasteiger partial charge in [0.2, 0.25) is 5.91 Å². The Morgan fingerprint density at radius 1 is 0.792 bits per heavy atom. The summed E-state index contributed by atoms with van der Waals surface area (Å²) in [5, 5.41) is 0. The van der Waals surface area contributed by atoms with Gasteiger partial charge in [-0.3, -0.25) is 4.79 Å². The van der Waals surface area contributed by atoms with Gasteiger partial charge in [0.05, 0.1) is 72.0 Å². The van der Waals surface area contributed by atoms with Crippen LogP contribution in [0.25, 0.3) is 0 Å². The average molecular weight is 349 g/mol. The molecule has 2 N–H and O–H groups in total. The van der Waals surface area contributed by atoms with Gasteiger partial charge in [0.15, 0.2) is 0 Å². The maximum atomic E-state index is 10.7. The third-order valence-corrected chi connectivity index (χ3v) is 3.21. The zero-order chi connectivity index (χ0) is 17.5. The van der Waals surface area contributed by atoms with Crippen molar-refractivity contribution in [3.63, 3.8) is 0 Å². The normalized spacial score (nSPS) is 19.5. The summed E-state index contributed by atoms with van der Waals surface area (Å²) in [6, 6.07) is 0. The number of ether oxygens (including phenoxy) is 6. The van der Waals surface area contributed by atoms with E-state index in [1.165, 1.54) is 0 Å². The van der Waals surface area contributed by atoms with E-state index in [9.17, 15) is 4.79 Å². The Balaban J connectivity index is 1.68. The predicted octanol–water partition coefficient (Wildman–Crippen LogP) is 0.122. The molecule has 1 rings (SSSR count). The fourth-order valence-corrected chi connectivity index (χ4v) is 1.93. The van der Waals surface area contributed by atoms with Gasteiger partial charge in [0.25, 0.3) is 0 Å². The van der Waals surface area contributed by atoms with Gasteiger partial charge in [-0.15, -0.1) is 0 Å². The van der Waals surface area contributed by atoms with Crippen molar-refractivity contribution in [2.45, 2.75) is 32.0 Å². The molecule has 0 bridgehead atoms. The maximum absolute atomic E-state index is 10.7. The molecule has 1 saturated heterocycles. The highest BCUT2D eigenvalue weighted by Gasteiger charge is 2.39. The number of hydrogen-bond donors (Lipinski definition) is 1. The highest BCUT2D eigenvalue weighted by atomic mass is 16.6. The van der Waals surface area contributed by atoms with Crippen LogP contribution in [-0.2, 0) is 33.2 Å². The monoisotopic (exact) mass is 349 g/mol. The lowest BCUT2D eigenvalue weighted by Gasteiger charge is -2.07. The first-order valence-corrected chi connectivity index (χ1v) is 8.56. The highest BCUT2D eigenvalue weighted by Crippen LogP contribution is 2.24. The summed E-state index contributed by atoms with van der Waals surface area (Å²) in [4.78, 5) is 10.7. The van der Waals surface area contributed by atoms with E-state index in [1.807, 2.05) is 0 Å². The van der Waals surface area contributed by atoms with Gasteiger partial charge < -0.3 is 34.2 Å². The molecule has 1 aliphatic heterocycles. The van der Waals surface area contributed by atoms with Crippen molar-refractivity contribution >= 4 is 5.91 Å². The Bertz CT molecular complexity index is 317. The second-order valence-corrected chi connectivity index (χ2v) is 5.41. The second-order valence-electron chi connectivity index (χ2n) is 5.41. The summed E-state index contributed by atoms with van der Waals surface area (Å²) in [6.07, 6.45) is 1.21. The zero-order valence-electron chi connectivity index (χ0n) is 14.6. The van der Waals surface area contributed by atoms with Gasteiger partial charge >= 0.3 is 0 Å². The lowest BCUT2D eigenvalue weighted by Crippen LogP contribution is -2.16. The summed E-state index contributed by atoms with van der Waals surface area (Å²) < 4.78 is 32.0. The molecule has 0 spiro atoms. The van der Waals surface area contributed by atoms with Gasteiger partial charge in [0.1, 0.15) is 6.10 Å². The summed E-state index contributed by atoms with van der Waals surface area (Å²) in [5.41, 5.74) is 5.08. The molecule has 1 heterocycles. The number of amides is 1. The molecule has 0 aliphatic carbocycles. The smallest absolute Gasteiger partial charge is 0.220 e. The molecular formula is C16H31NO7. The van der Waals surface area contributed by atoms with Crippen LogP contribution in [0.2, 0.25) is 0 Å². The molecule has 8 heteroatoms. The van der Waals surface area contributed by atoms with Crippen LogP contribution in [0.4, 0.5) is 0 Å². The Labute approximate surface area is 143 Å². The van der Waals surface area contributed by atoms with E-state index in [1.54, 1.807) is 0 Å². The highest BCUT2D eigenvalue weighted by molar-refractivity contribution is 5.74. The molecule has 1 amide bonds. The molecular weight excluding hydrogens is 318 g/mol. The zero-order valence-corrected chi connectivity index (χ0v) is 14.6.